The molecule has 138 valence electrons. The third kappa shape index (κ3) is 6.74. The van der Waals surface area contributed by atoms with Crippen molar-refractivity contribution in [3.63, 3.8) is 0 Å². The number of aliphatic hydroxyl groups excluding tert-OH is 1. The van der Waals surface area contributed by atoms with Gasteiger partial charge in [-0.25, -0.2) is 9.59 Å². The van der Waals surface area contributed by atoms with Gasteiger partial charge in [0.2, 0.25) is 5.91 Å². The van der Waals surface area contributed by atoms with Crippen LogP contribution >= 0.6 is 0 Å². The minimum Gasteiger partial charge on any atom is -0.480 e. The summed E-state index contributed by atoms with van der Waals surface area (Å²) in [5, 5.41) is 21.1. The summed E-state index contributed by atoms with van der Waals surface area (Å²) in [6.45, 7) is 5.87. The molecule has 1 unspecified atom stereocenters. The minimum atomic E-state index is -1.04. The molecule has 1 saturated heterocycles. The molecule has 0 spiro atoms. The van der Waals surface area contributed by atoms with Crippen molar-refractivity contribution in [2.45, 2.75) is 58.1 Å². The maximum Gasteiger partial charge on any atom is 0.407 e. The Morgan fingerprint density at radius 2 is 2.04 bits per heavy atom. The summed E-state index contributed by atoms with van der Waals surface area (Å²) < 4.78 is 5.10. The number of carboxylic acids is 1. The van der Waals surface area contributed by atoms with E-state index in [0.29, 0.717) is 25.8 Å². The number of rotatable bonds is 8. The molecule has 1 fully saturated rings. The van der Waals surface area contributed by atoms with Crippen molar-refractivity contribution in [1.29, 1.82) is 0 Å². The standard InChI is InChI=1S/C16H28N2O6/c1-16(2,3)24-15(23)17-7-5-4-6-12(14(21)22)18-9-11(10-19)8-13(18)20/h11-12,19H,4-10H2,1-3H3,(H,17,23)(H,21,22)/t11?,12-/m0/s1. The molecular weight excluding hydrogens is 316 g/mol. The zero-order valence-electron chi connectivity index (χ0n) is 14.6. The number of likely N-dealkylation sites (tertiary alicyclic amines) is 1. The van der Waals surface area contributed by atoms with Crippen LogP contribution in [0.15, 0.2) is 0 Å². The summed E-state index contributed by atoms with van der Waals surface area (Å²) in [5.41, 5.74) is -0.558. The second kappa shape index (κ2) is 8.86. The van der Waals surface area contributed by atoms with E-state index in [9.17, 15) is 19.5 Å². The van der Waals surface area contributed by atoms with Crippen LogP contribution < -0.4 is 5.32 Å². The van der Waals surface area contributed by atoms with Crippen molar-refractivity contribution in [2.24, 2.45) is 5.92 Å². The molecule has 0 radical (unpaired) electrons. The average Bonchev–Trinajstić information content (AvgIpc) is 2.81. The van der Waals surface area contributed by atoms with Gasteiger partial charge in [-0.2, -0.15) is 0 Å². The molecule has 0 aromatic carbocycles. The van der Waals surface area contributed by atoms with E-state index >= 15 is 0 Å². The Labute approximate surface area is 142 Å². The number of hydrogen-bond acceptors (Lipinski definition) is 5. The number of amides is 2. The van der Waals surface area contributed by atoms with Crippen LogP contribution in [0.4, 0.5) is 4.79 Å². The van der Waals surface area contributed by atoms with Crippen molar-refractivity contribution in [1.82, 2.24) is 10.2 Å². The van der Waals surface area contributed by atoms with Gasteiger partial charge >= 0.3 is 12.1 Å². The summed E-state index contributed by atoms with van der Waals surface area (Å²) >= 11 is 0. The summed E-state index contributed by atoms with van der Waals surface area (Å²) in [4.78, 5) is 36.1. The highest BCUT2D eigenvalue weighted by atomic mass is 16.6. The average molecular weight is 344 g/mol. The number of aliphatic hydroxyl groups is 1. The zero-order valence-corrected chi connectivity index (χ0v) is 14.6. The SMILES string of the molecule is CC(C)(C)OC(=O)NCCCC[C@@H](C(=O)O)N1CC(CO)CC1=O. The molecule has 2 amide bonds. The quantitative estimate of drug-likeness (QED) is 0.565. The van der Waals surface area contributed by atoms with Gasteiger partial charge in [0, 0.05) is 32.0 Å². The Balaban J connectivity index is 2.34. The Morgan fingerprint density at radius 3 is 2.54 bits per heavy atom. The van der Waals surface area contributed by atoms with Crippen LogP contribution in [-0.4, -0.2) is 64.4 Å². The van der Waals surface area contributed by atoms with E-state index in [4.69, 9.17) is 9.84 Å². The van der Waals surface area contributed by atoms with Crippen LogP contribution in [0.5, 0.6) is 0 Å². The van der Waals surface area contributed by atoms with Gasteiger partial charge in [-0.3, -0.25) is 4.79 Å². The Kier molecular flexibility index (Phi) is 7.47. The van der Waals surface area contributed by atoms with Crippen molar-refractivity contribution < 1.29 is 29.3 Å². The molecule has 0 aromatic heterocycles. The summed E-state index contributed by atoms with van der Waals surface area (Å²) in [6, 6.07) is -0.879. The molecule has 2 atom stereocenters. The zero-order chi connectivity index (χ0) is 18.3. The fourth-order valence-corrected chi connectivity index (χ4v) is 2.61. The summed E-state index contributed by atoms with van der Waals surface area (Å²) in [5.74, 6) is -1.46. The van der Waals surface area contributed by atoms with Gasteiger partial charge in [0.05, 0.1) is 0 Å². The fourth-order valence-electron chi connectivity index (χ4n) is 2.61. The van der Waals surface area contributed by atoms with Crippen LogP contribution in [0.3, 0.4) is 0 Å². The van der Waals surface area contributed by atoms with Crippen molar-refractivity contribution in [3.8, 4) is 0 Å². The lowest BCUT2D eigenvalue weighted by atomic mass is 10.1. The van der Waals surface area contributed by atoms with Crippen LogP contribution in [0.25, 0.3) is 0 Å². The lowest BCUT2D eigenvalue weighted by molar-refractivity contribution is -0.148. The molecule has 0 saturated carbocycles. The van der Waals surface area contributed by atoms with Crippen LogP contribution in [0, 0.1) is 5.92 Å². The largest absolute Gasteiger partial charge is 0.480 e. The van der Waals surface area contributed by atoms with Gasteiger partial charge in [-0.1, -0.05) is 0 Å². The molecule has 3 N–H and O–H groups in total. The van der Waals surface area contributed by atoms with Crippen LogP contribution in [0.1, 0.15) is 46.5 Å². The van der Waals surface area contributed by atoms with E-state index in [2.05, 4.69) is 5.32 Å². The number of hydrogen-bond donors (Lipinski definition) is 3. The van der Waals surface area contributed by atoms with Gasteiger partial charge in [-0.05, 0) is 40.0 Å². The monoisotopic (exact) mass is 344 g/mol. The van der Waals surface area contributed by atoms with Crippen molar-refractivity contribution >= 4 is 18.0 Å². The van der Waals surface area contributed by atoms with Crippen LogP contribution in [-0.2, 0) is 14.3 Å². The molecule has 0 aromatic rings. The second-order valence-corrected chi connectivity index (χ2v) is 7.08. The molecule has 0 bridgehead atoms. The number of carbonyl (C=O) groups is 3. The van der Waals surface area contributed by atoms with Crippen molar-refractivity contribution in [2.75, 3.05) is 19.7 Å². The predicted octanol–water partition coefficient (Wildman–Crippen LogP) is 0.975. The summed E-state index contributed by atoms with van der Waals surface area (Å²) in [7, 11) is 0. The smallest absolute Gasteiger partial charge is 0.407 e. The van der Waals surface area contributed by atoms with E-state index in [0.717, 1.165) is 0 Å². The second-order valence-electron chi connectivity index (χ2n) is 7.08. The van der Waals surface area contributed by atoms with Gasteiger partial charge in [0.1, 0.15) is 11.6 Å². The van der Waals surface area contributed by atoms with E-state index in [1.54, 1.807) is 20.8 Å². The first-order chi connectivity index (χ1) is 11.1. The number of carbonyl (C=O) groups excluding carboxylic acids is 2. The molecule has 8 heteroatoms. The number of unbranched alkanes of at least 4 members (excludes halogenated alkanes) is 1. The Hall–Kier alpha value is -1.83. The van der Waals surface area contributed by atoms with Crippen molar-refractivity contribution in [3.05, 3.63) is 0 Å². The van der Waals surface area contributed by atoms with Crippen LogP contribution in [0.2, 0.25) is 0 Å². The lowest BCUT2D eigenvalue weighted by Crippen LogP contribution is -2.42. The summed E-state index contributed by atoms with van der Waals surface area (Å²) in [6.07, 6.45) is 1.16. The molecule has 8 nitrogen and oxygen atoms in total. The number of aliphatic carboxylic acids is 1. The highest BCUT2D eigenvalue weighted by Crippen LogP contribution is 2.22. The maximum atomic E-state index is 11.9. The normalized spacial score (nSPS) is 19.2. The molecule has 0 aliphatic carbocycles. The highest BCUT2D eigenvalue weighted by molar-refractivity contribution is 5.85. The number of alkyl carbamates (subject to hydrolysis) is 1. The molecular formula is C16H28N2O6. The third-order valence-electron chi connectivity index (χ3n) is 3.73. The number of carboxylic acid groups (broad SMARTS) is 1. The van der Waals surface area contributed by atoms with E-state index < -0.39 is 23.7 Å². The van der Waals surface area contributed by atoms with Gasteiger partial charge in [0.15, 0.2) is 0 Å². The number of ether oxygens (including phenoxy) is 1. The number of nitrogens with zero attached hydrogens (tertiary/aromatic N) is 1. The van der Waals surface area contributed by atoms with Gasteiger partial charge in [0.25, 0.3) is 0 Å². The molecule has 1 aliphatic rings. The molecule has 24 heavy (non-hydrogen) atoms. The Bertz CT molecular complexity index is 460. The third-order valence-corrected chi connectivity index (χ3v) is 3.73. The minimum absolute atomic E-state index is 0.117. The molecule has 1 heterocycles. The van der Waals surface area contributed by atoms with E-state index in [-0.39, 0.29) is 31.4 Å². The van der Waals surface area contributed by atoms with Gasteiger partial charge < -0.3 is 25.2 Å². The first-order valence-electron chi connectivity index (χ1n) is 8.24. The molecule has 1 aliphatic heterocycles. The fraction of sp³-hybridized carbons (Fsp3) is 0.812. The van der Waals surface area contributed by atoms with Gasteiger partial charge in [-0.15, -0.1) is 0 Å². The Morgan fingerprint density at radius 1 is 1.38 bits per heavy atom. The number of nitrogens with one attached hydrogen (secondary N) is 1. The van der Waals surface area contributed by atoms with E-state index in [1.165, 1.54) is 4.90 Å². The first kappa shape index (κ1) is 20.2. The van der Waals surface area contributed by atoms with E-state index in [1.807, 2.05) is 0 Å². The maximum absolute atomic E-state index is 11.9. The predicted molar refractivity (Wildman–Crippen MR) is 86.4 cm³/mol. The lowest BCUT2D eigenvalue weighted by Gasteiger charge is -2.24. The highest BCUT2D eigenvalue weighted by Gasteiger charge is 2.36. The first-order valence-corrected chi connectivity index (χ1v) is 8.24. The molecule has 1 rings (SSSR count). The topological polar surface area (TPSA) is 116 Å².